The Labute approximate surface area is 103 Å². The fourth-order valence-electron chi connectivity index (χ4n) is 1.73. The van der Waals surface area contributed by atoms with Crippen LogP contribution in [0.2, 0.25) is 0 Å². The van der Waals surface area contributed by atoms with Gasteiger partial charge in [-0.1, -0.05) is 48.5 Å². The average molecular weight is 226 g/mol. The van der Waals surface area contributed by atoms with Gasteiger partial charge in [-0.3, -0.25) is 5.32 Å². The fourth-order valence-corrected chi connectivity index (χ4v) is 1.73. The normalized spacial score (nSPS) is 10.2. The van der Waals surface area contributed by atoms with Crippen LogP contribution >= 0.6 is 0 Å². The van der Waals surface area contributed by atoms with E-state index in [1.54, 1.807) is 0 Å². The molecule has 0 aliphatic carbocycles. The lowest BCUT2D eigenvalue weighted by Gasteiger charge is -2.10. The van der Waals surface area contributed by atoms with E-state index in [0.29, 0.717) is 0 Å². The number of nitrogens with one attached hydrogen (secondary N) is 2. The van der Waals surface area contributed by atoms with E-state index in [9.17, 15) is 0 Å². The number of benzene rings is 2. The Morgan fingerprint density at radius 3 is 2.35 bits per heavy atom. The molecule has 0 amide bonds. The minimum Gasteiger partial charge on any atom is -0.372 e. The predicted molar refractivity (Wildman–Crippen MR) is 73.0 cm³/mol. The van der Waals surface area contributed by atoms with Crippen LogP contribution < -0.4 is 10.6 Å². The predicted octanol–water partition coefficient (Wildman–Crippen LogP) is 3.15. The summed E-state index contributed by atoms with van der Waals surface area (Å²) in [6.07, 6.45) is 0. The first-order valence-corrected chi connectivity index (χ1v) is 5.90. The van der Waals surface area contributed by atoms with Gasteiger partial charge < -0.3 is 5.32 Å². The number of hydrogen-bond donors (Lipinski definition) is 2. The van der Waals surface area contributed by atoms with Crippen molar-refractivity contribution in [3.8, 4) is 0 Å². The fraction of sp³-hybridized carbons (Fsp3) is 0.200. The highest BCUT2D eigenvalue weighted by Gasteiger charge is 1.94. The second-order valence-corrected chi connectivity index (χ2v) is 4.08. The molecule has 2 N–H and O–H groups in total. The van der Waals surface area contributed by atoms with Crippen molar-refractivity contribution in [3.63, 3.8) is 0 Å². The van der Waals surface area contributed by atoms with Crippen molar-refractivity contribution in [1.29, 1.82) is 0 Å². The molecule has 0 heterocycles. The molecule has 0 radical (unpaired) electrons. The topological polar surface area (TPSA) is 24.1 Å². The van der Waals surface area contributed by atoms with Crippen molar-refractivity contribution in [2.24, 2.45) is 0 Å². The maximum atomic E-state index is 3.37. The van der Waals surface area contributed by atoms with Crippen LogP contribution in [0.15, 0.2) is 54.6 Å². The largest absolute Gasteiger partial charge is 0.372 e. The number of para-hydroxylation sites is 1. The molecular weight excluding hydrogens is 208 g/mol. The monoisotopic (exact) mass is 226 g/mol. The Hall–Kier alpha value is -1.80. The SMILES string of the molecule is Cc1ccccc1NCNCc1ccccc1. The number of hydrogen-bond acceptors (Lipinski definition) is 2. The van der Waals surface area contributed by atoms with Crippen molar-refractivity contribution < 1.29 is 0 Å². The summed E-state index contributed by atoms with van der Waals surface area (Å²) >= 11 is 0. The lowest BCUT2D eigenvalue weighted by molar-refractivity contribution is 0.734. The maximum absolute atomic E-state index is 3.37. The van der Waals surface area contributed by atoms with Crippen LogP contribution in [-0.2, 0) is 6.54 Å². The van der Waals surface area contributed by atoms with Gasteiger partial charge >= 0.3 is 0 Å². The van der Waals surface area contributed by atoms with Gasteiger partial charge in [-0.25, -0.2) is 0 Å². The zero-order chi connectivity index (χ0) is 11.9. The second kappa shape index (κ2) is 6.06. The Kier molecular flexibility index (Phi) is 4.17. The Balaban J connectivity index is 1.76. The molecule has 0 bridgehead atoms. The molecule has 0 spiro atoms. The quantitative estimate of drug-likeness (QED) is 0.604. The molecule has 0 unspecified atom stereocenters. The summed E-state index contributed by atoms with van der Waals surface area (Å²) in [5.41, 5.74) is 3.76. The summed E-state index contributed by atoms with van der Waals surface area (Å²) < 4.78 is 0. The summed E-state index contributed by atoms with van der Waals surface area (Å²) in [4.78, 5) is 0. The van der Waals surface area contributed by atoms with Crippen molar-refractivity contribution in [2.45, 2.75) is 13.5 Å². The first-order chi connectivity index (χ1) is 8.36. The van der Waals surface area contributed by atoms with Gasteiger partial charge in [0.25, 0.3) is 0 Å². The van der Waals surface area contributed by atoms with Gasteiger partial charge in [-0.15, -0.1) is 0 Å². The van der Waals surface area contributed by atoms with Gasteiger partial charge in [-0.05, 0) is 24.1 Å². The summed E-state index contributed by atoms with van der Waals surface area (Å²) in [6.45, 7) is 3.78. The molecule has 2 nitrogen and oxygen atoms in total. The van der Waals surface area contributed by atoms with Crippen molar-refractivity contribution in [3.05, 3.63) is 65.7 Å². The molecule has 0 saturated heterocycles. The number of anilines is 1. The van der Waals surface area contributed by atoms with Crippen LogP contribution in [0.4, 0.5) is 5.69 Å². The van der Waals surface area contributed by atoms with E-state index >= 15 is 0 Å². The molecule has 0 aromatic heterocycles. The van der Waals surface area contributed by atoms with Crippen LogP contribution in [-0.4, -0.2) is 6.67 Å². The molecule has 0 saturated carbocycles. The Bertz CT molecular complexity index is 451. The summed E-state index contributed by atoms with van der Waals surface area (Å²) in [6, 6.07) is 18.7. The van der Waals surface area contributed by atoms with E-state index in [1.165, 1.54) is 16.8 Å². The molecular formula is C15H18N2. The minimum atomic E-state index is 0.778. The summed E-state index contributed by atoms with van der Waals surface area (Å²) in [5, 5.41) is 6.74. The van der Waals surface area contributed by atoms with E-state index in [-0.39, 0.29) is 0 Å². The van der Waals surface area contributed by atoms with Crippen LogP contribution in [0.1, 0.15) is 11.1 Å². The van der Waals surface area contributed by atoms with Crippen molar-refractivity contribution >= 4 is 5.69 Å². The molecule has 17 heavy (non-hydrogen) atoms. The van der Waals surface area contributed by atoms with E-state index in [0.717, 1.165) is 13.2 Å². The molecule has 2 aromatic carbocycles. The lowest BCUT2D eigenvalue weighted by Crippen LogP contribution is -2.21. The smallest absolute Gasteiger partial charge is 0.0655 e. The van der Waals surface area contributed by atoms with E-state index in [2.05, 4.69) is 60.0 Å². The minimum absolute atomic E-state index is 0.778. The highest BCUT2D eigenvalue weighted by Crippen LogP contribution is 2.11. The first kappa shape index (κ1) is 11.7. The summed E-state index contributed by atoms with van der Waals surface area (Å²) in [7, 11) is 0. The molecule has 2 heteroatoms. The zero-order valence-electron chi connectivity index (χ0n) is 10.1. The van der Waals surface area contributed by atoms with Gasteiger partial charge in [0.15, 0.2) is 0 Å². The maximum Gasteiger partial charge on any atom is 0.0655 e. The van der Waals surface area contributed by atoms with E-state index < -0.39 is 0 Å². The van der Waals surface area contributed by atoms with E-state index in [4.69, 9.17) is 0 Å². The van der Waals surface area contributed by atoms with Gasteiger partial charge in [0.1, 0.15) is 0 Å². The third-order valence-electron chi connectivity index (χ3n) is 2.72. The number of aryl methyl sites for hydroxylation is 1. The van der Waals surface area contributed by atoms with Crippen molar-refractivity contribution in [2.75, 3.05) is 12.0 Å². The lowest BCUT2D eigenvalue weighted by atomic mass is 10.2. The van der Waals surface area contributed by atoms with Crippen LogP contribution in [0.5, 0.6) is 0 Å². The highest BCUT2D eigenvalue weighted by molar-refractivity contribution is 5.49. The van der Waals surface area contributed by atoms with Gasteiger partial charge in [0.05, 0.1) is 6.67 Å². The standard InChI is InChI=1S/C15H18N2/c1-13-7-5-6-10-15(13)17-12-16-11-14-8-3-2-4-9-14/h2-10,16-17H,11-12H2,1H3. The molecule has 0 fully saturated rings. The molecule has 0 atom stereocenters. The zero-order valence-corrected chi connectivity index (χ0v) is 10.1. The van der Waals surface area contributed by atoms with Crippen LogP contribution in [0, 0.1) is 6.92 Å². The molecule has 88 valence electrons. The van der Waals surface area contributed by atoms with Gasteiger partial charge in [-0.2, -0.15) is 0 Å². The third kappa shape index (κ3) is 3.61. The third-order valence-corrected chi connectivity index (χ3v) is 2.72. The average Bonchev–Trinajstić information content (AvgIpc) is 2.38. The Morgan fingerprint density at radius 2 is 1.59 bits per heavy atom. The molecule has 2 aromatic rings. The van der Waals surface area contributed by atoms with Gasteiger partial charge in [0.2, 0.25) is 0 Å². The highest BCUT2D eigenvalue weighted by atomic mass is 15.1. The second-order valence-electron chi connectivity index (χ2n) is 4.08. The van der Waals surface area contributed by atoms with E-state index in [1.807, 2.05) is 12.1 Å². The van der Waals surface area contributed by atoms with Gasteiger partial charge in [0, 0.05) is 12.2 Å². The van der Waals surface area contributed by atoms with Crippen LogP contribution in [0.3, 0.4) is 0 Å². The summed E-state index contributed by atoms with van der Waals surface area (Å²) in [5.74, 6) is 0. The number of rotatable bonds is 5. The first-order valence-electron chi connectivity index (χ1n) is 5.90. The molecule has 0 aliphatic rings. The van der Waals surface area contributed by atoms with Crippen molar-refractivity contribution in [1.82, 2.24) is 5.32 Å². The van der Waals surface area contributed by atoms with Crippen LogP contribution in [0.25, 0.3) is 0 Å². The molecule has 2 rings (SSSR count). The molecule has 0 aliphatic heterocycles. The Morgan fingerprint density at radius 1 is 0.882 bits per heavy atom.